The van der Waals surface area contributed by atoms with E-state index in [1.807, 2.05) is 31.2 Å². The molecule has 0 atom stereocenters. The monoisotopic (exact) mass is 337 g/mol. The second kappa shape index (κ2) is 6.72. The molecule has 0 saturated carbocycles. The van der Waals surface area contributed by atoms with Gasteiger partial charge in [0.05, 0.1) is 0 Å². The number of pyridine rings is 1. The van der Waals surface area contributed by atoms with Crippen molar-refractivity contribution in [2.24, 2.45) is 0 Å². The van der Waals surface area contributed by atoms with Crippen LogP contribution in [0.4, 0.5) is 5.82 Å². The van der Waals surface area contributed by atoms with Gasteiger partial charge in [-0.3, -0.25) is 9.59 Å². The predicted octanol–water partition coefficient (Wildman–Crippen LogP) is 3.97. The Morgan fingerprint density at radius 2 is 1.92 bits per heavy atom. The summed E-state index contributed by atoms with van der Waals surface area (Å²) in [6.07, 6.45) is 1.44. The number of rotatable bonds is 4. The van der Waals surface area contributed by atoms with Crippen LogP contribution >= 0.6 is 11.3 Å². The lowest BCUT2D eigenvalue weighted by atomic mass is 10.1. The van der Waals surface area contributed by atoms with Gasteiger partial charge in [-0.1, -0.05) is 24.3 Å². The summed E-state index contributed by atoms with van der Waals surface area (Å²) in [5.74, 6) is -0.00708. The molecule has 5 nitrogen and oxygen atoms in total. The second-order valence-corrected chi connectivity index (χ2v) is 6.15. The number of thiazole rings is 1. The average molecular weight is 337 g/mol. The predicted molar refractivity (Wildman–Crippen MR) is 94.5 cm³/mol. The third kappa shape index (κ3) is 3.38. The van der Waals surface area contributed by atoms with E-state index in [0.717, 1.165) is 16.1 Å². The standard InChI is InChI=1S/C18H15N3O2S/c1-11-5-3-4-6-14(11)18-20-15(10-24-18)17(23)21-16-8-7-13(9-19-16)12(2)22/h3-10H,1-2H3,(H,19,21,23). The van der Waals surface area contributed by atoms with Gasteiger partial charge >= 0.3 is 0 Å². The minimum atomic E-state index is -0.325. The third-order valence-corrected chi connectivity index (χ3v) is 4.40. The molecule has 0 bridgehead atoms. The van der Waals surface area contributed by atoms with Crippen LogP contribution in [0.1, 0.15) is 33.3 Å². The molecule has 0 aliphatic carbocycles. The maximum Gasteiger partial charge on any atom is 0.276 e. The summed E-state index contributed by atoms with van der Waals surface area (Å²) in [4.78, 5) is 32.0. The van der Waals surface area contributed by atoms with Crippen LogP contribution in [0.2, 0.25) is 0 Å². The van der Waals surface area contributed by atoms with Crippen molar-refractivity contribution in [2.75, 3.05) is 5.32 Å². The zero-order valence-electron chi connectivity index (χ0n) is 13.2. The fourth-order valence-electron chi connectivity index (χ4n) is 2.17. The van der Waals surface area contributed by atoms with Crippen molar-refractivity contribution < 1.29 is 9.59 Å². The SMILES string of the molecule is CC(=O)c1ccc(NC(=O)c2csc(-c3ccccc3C)n2)nc1. The maximum atomic E-state index is 12.3. The highest BCUT2D eigenvalue weighted by Gasteiger charge is 2.13. The van der Waals surface area contributed by atoms with E-state index in [0.29, 0.717) is 17.1 Å². The summed E-state index contributed by atoms with van der Waals surface area (Å²) < 4.78 is 0. The van der Waals surface area contributed by atoms with Crippen molar-refractivity contribution in [1.29, 1.82) is 0 Å². The first-order valence-corrected chi connectivity index (χ1v) is 8.22. The lowest BCUT2D eigenvalue weighted by Crippen LogP contribution is -2.13. The Morgan fingerprint density at radius 1 is 1.12 bits per heavy atom. The summed E-state index contributed by atoms with van der Waals surface area (Å²) in [6.45, 7) is 3.48. The van der Waals surface area contributed by atoms with Crippen LogP contribution < -0.4 is 5.32 Å². The van der Waals surface area contributed by atoms with E-state index in [-0.39, 0.29) is 11.7 Å². The van der Waals surface area contributed by atoms with Crippen LogP contribution in [0, 0.1) is 6.92 Å². The Kier molecular flexibility index (Phi) is 4.48. The highest BCUT2D eigenvalue weighted by molar-refractivity contribution is 7.13. The Labute approximate surface area is 143 Å². The third-order valence-electron chi connectivity index (χ3n) is 3.52. The number of aryl methyl sites for hydroxylation is 1. The van der Waals surface area contributed by atoms with E-state index < -0.39 is 0 Å². The molecule has 0 aliphatic rings. The van der Waals surface area contributed by atoms with E-state index in [2.05, 4.69) is 15.3 Å². The molecule has 0 spiro atoms. The zero-order valence-corrected chi connectivity index (χ0v) is 14.1. The van der Waals surface area contributed by atoms with Gasteiger partial charge in [-0.05, 0) is 31.5 Å². The quantitative estimate of drug-likeness (QED) is 0.731. The number of carbonyl (C=O) groups is 2. The van der Waals surface area contributed by atoms with Gasteiger partial charge in [-0.25, -0.2) is 9.97 Å². The van der Waals surface area contributed by atoms with Crippen LogP contribution in [0.25, 0.3) is 10.6 Å². The number of carbonyl (C=O) groups excluding carboxylic acids is 2. The van der Waals surface area contributed by atoms with Crippen molar-refractivity contribution >= 4 is 28.8 Å². The first kappa shape index (κ1) is 16.0. The van der Waals surface area contributed by atoms with E-state index in [9.17, 15) is 9.59 Å². The average Bonchev–Trinajstić information content (AvgIpc) is 3.05. The fraction of sp³-hybridized carbons (Fsp3) is 0.111. The number of nitrogens with zero attached hydrogens (tertiary/aromatic N) is 2. The molecule has 0 saturated heterocycles. The fourth-order valence-corrected chi connectivity index (χ4v) is 3.06. The van der Waals surface area contributed by atoms with Crippen molar-refractivity contribution in [3.05, 3.63) is 64.8 Å². The molecule has 2 aromatic heterocycles. The molecular formula is C18H15N3O2S. The van der Waals surface area contributed by atoms with Crippen LogP contribution in [0.5, 0.6) is 0 Å². The molecule has 0 fully saturated rings. The topological polar surface area (TPSA) is 72.0 Å². The summed E-state index contributed by atoms with van der Waals surface area (Å²) >= 11 is 1.43. The number of Topliss-reactive ketones (excluding diaryl/α,β-unsaturated/α-hetero) is 1. The van der Waals surface area contributed by atoms with Crippen LogP contribution in [0.15, 0.2) is 48.0 Å². The number of ketones is 1. The van der Waals surface area contributed by atoms with Crippen LogP contribution in [-0.4, -0.2) is 21.7 Å². The van der Waals surface area contributed by atoms with Crippen LogP contribution in [-0.2, 0) is 0 Å². The normalized spacial score (nSPS) is 10.4. The van der Waals surface area contributed by atoms with E-state index >= 15 is 0 Å². The smallest absolute Gasteiger partial charge is 0.276 e. The molecule has 0 radical (unpaired) electrons. The molecule has 0 aliphatic heterocycles. The number of anilines is 1. The molecule has 1 amide bonds. The first-order valence-electron chi connectivity index (χ1n) is 7.34. The highest BCUT2D eigenvalue weighted by atomic mass is 32.1. The molecular weight excluding hydrogens is 322 g/mol. The minimum Gasteiger partial charge on any atom is -0.305 e. The summed E-state index contributed by atoms with van der Waals surface area (Å²) in [5, 5.41) is 5.21. The van der Waals surface area contributed by atoms with Crippen molar-refractivity contribution in [1.82, 2.24) is 9.97 Å². The summed E-state index contributed by atoms with van der Waals surface area (Å²) in [7, 11) is 0. The number of amides is 1. The van der Waals surface area contributed by atoms with E-state index in [1.54, 1.807) is 17.5 Å². The minimum absolute atomic E-state index is 0.0669. The Hall–Kier alpha value is -2.86. The molecule has 1 aromatic carbocycles. The van der Waals surface area contributed by atoms with Gasteiger partial charge in [0.1, 0.15) is 16.5 Å². The highest BCUT2D eigenvalue weighted by Crippen LogP contribution is 2.26. The van der Waals surface area contributed by atoms with Crippen LogP contribution in [0.3, 0.4) is 0 Å². The number of hydrogen-bond acceptors (Lipinski definition) is 5. The van der Waals surface area contributed by atoms with Gasteiger partial charge in [-0.15, -0.1) is 11.3 Å². The molecule has 0 unspecified atom stereocenters. The van der Waals surface area contributed by atoms with Gasteiger partial charge < -0.3 is 5.32 Å². The van der Waals surface area contributed by atoms with Gasteiger partial charge in [0.15, 0.2) is 5.78 Å². The molecule has 120 valence electrons. The largest absolute Gasteiger partial charge is 0.305 e. The second-order valence-electron chi connectivity index (χ2n) is 5.30. The van der Waals surface area contributed by atoms with Crippen molar-refractivity contribution in [3.8, 4) is 10.6 Å². The number of aromatic nitrogens is 2. The van der Waals surface area contributed by atoms with Gasteiger partial charge in [0.25, 0.3) is 5.91 Å². The molecule has 3 rings (SSSR count). The lowest BCUT2D eigenvalue weighted by molar-refractivity contribution is 0.101. The number of hydrogen-bond donors (Lipinski definition) is 1. The Balaban J connectivity index is 1.76. The number of nitrogens with one attached hydrogen (secondary N) is 1. The Morgan fingerprint density at radius 3 is 2.58 bits per heavy atom. The van der Waals surface area contributed by atoms with E-state index in [4.69, 9.17) is 0 Å². The summed E-state index contributed by atoms with van der Waals surface area (Å²) in [6, 6.07) is 11.1. The lowest BCUT2D eigenvalue weighted by Gasteiger charge is -2.03. The van der Waals surface area contributed by atoms with Crippen molar-refractivity contribution in [3.63, 3.8) is 0 Å². The van der Waals surface area contributed by atoms with Crippen molar-refractivity contribution in [2.45, 2.75) is 13.8 Å². The first-order chi connectivity index (χ1) is 11.5. The molecule has 24 heavy (non-hydrogen) atoms. The Bertz CT molecular complexity index is 901. The molecule has 6 heteroatoms. The van der Waals surface area contributed by atoms with Gasteiger partial charge in [-0.2, -0.15) is 0 Å². The molecule has 1 N–H and O–H groups in total. The maximum absolute atomic E-state index is 12.3. The zero-order chi connectivity index (χ0) is 17.1. The molecule has 2 heterocycles. The van der Waals surface area contributed by atoms with Gasteiger partial charge in [0, 0.05) is 22.7 Å². The number of benzene rings is 1. The summed E-state index contributed by atoms with van der Waals surface area (Å²) in [5.41, 5.74) is 2.98. The van der Waals surface area contributed by atoms with Gasteiger partial charge in [0.2, 0.25) is 0 Å². The molecule has 3 aromatic rings. The van der Waals surface area contributed by atoms with E-state index in [1.165, 1.54) is 24.5 Å².